The maximum absolute atomic E-state index is 12.9. The van der Waals surface area contributed by atoms with Gasteiger partial charge in [0.25, 0.3) is 5.69 Å². The molecular weight excluding hydrogens is 281 g/mol. The van der Waals surface area contributed by atoms with Crippen molar-refractivity contribution in [2.24, 2.45) is 0 Å². The predicted octanol–water partition coefficient (Wildman–Crippen LogP) is 2.52. The maximum atomic E-state index is 12.9. The number of anilines is 1. The number of hydrogen-bond acceptors (Lipinski definition) is 4. The Labute approximate surface area is 111 Å². The van der Waals surface area contributed by atoms with Crippen molar-refractivity contribution < 1.29 is 28.0 Å². The molecule has 0 aromatic heterocycles. The minimum Gasteiger partial charge on any atom is -0.480 e. The van der Waals surface area contributed by atoms with E-state index in [-0.39, 0.29) is 6.54 Å². The number of halogens is 3. The van der Waals surface area contributed by atoms with Crippen molar-refractivity contribution >= 4 is 17.3 Å². The number of likely N-dealkylation sites (N-methyl/N-ethyl adjacent to an activating group) is 1. The largest absolute Gasteiger partial charge is 0.480 e. The lowest BCUT2D eigenvalue weighted by molar-refractivity contribution is -0.385. The number of rotatable bonds is 5. The summed E-state index contributed by atoms with van der Waals surface area (Å²) in [6, 6.07) is 2.22. The molecular formula is C11H11F3N2O4. The maximum Gasteiger partial charge on any atom is 0.418 e. The summed E-state index contributed by atoms with van der Waals surface area (Å²) in [5, 5.41) is 19.2. The molecule has 0 heterocycles. The number of benzene rings is 1. The van der Waals surface area contributed by atoms with Gasteiger partial charge >= 0.3 is 12.1 Å². The fraction of sp³-hybridized carbons (Fsp3) is 0.364. The zero-order valence-electron chi connectivity index (χ0n) is 10.3. The molecule has 110 valence electrons. The molecule has 1 rings (SSSR count). The van der Waals surface area contributed by atoms with Crippen LogP contribution in [-0.4, -0.2) is 29.1 Å². The van der Waals surface area contributed by atoms with Gasteiger partial charge in [-0.05, 0) is 13.0 Å². The molecule has 0 unspecified atom stereocenters. The van der Waals surface area contributed by atoms with E-state index in [0.29, 0.717) is 6.07 Å². The van der Waals surface area contributed by atoms with E-state index in [1.54, 1.807) is 0 Å². The number of non-ortho nitro benzene ring substituents is 1. The second kappa shape index (κ2) is 5.76. The Morgan fingerprint density at radius 1 is 1.45 bits per heavy atom. The first-order chi connectivity index (χ1) is 9.16. The van der Waals surface area contributed by atoms with E-state index in [9.17, 15) is 28.1 Å². The van der Waals surface area contributed by atoms with E-state index in [0.717, 1.165) is 17.0 Å². The molecule has 0 radical (unpaired) electrons. The number of alkyl halides is 3. The highest BCUT2D eigenvalue weighted by molar-refractivity contribution is 5.75. The molecule has 20 heavy (non-hydrogen) atoms. The summed E-state index contributed by atoms with van der Waals surface area (Å²) >= 11 is 0. The van der Waals surface area contributed by atoms with Gasteiger partial charge < -0.3 is 10.0 Å². The highest BCUT2D eigenvalue weighted by atomic mass is 19.4. The molecule has 0 spiro atoms. The number of aliphatic carboxylic acids is 1. The Kier molecular flexibility index (Phi) is 4.53. The first kappa shape index (κ1) is 15.7. The molecule has 9 heteroatoms. The smallest absolute Gasteiger partial charge is 0.418 e. The lowest BCUT2D eigenvalue weighted by Crippen LogP contribution is -2.31. The van der Waals surface area contributed by atoms with Crippen molar-refractivity contribution in [3.63, 3.8) is 0 Å². The van der Waals surface area contributed by atoms with Crippen LogP contribution in [0.2, 0.25) is 0 Å². The Morgan fingerprint density at radius 2 is 2.05 bits per heavy atom. The van der Waals surface area contributed by atoms with Gasteiger partial charge in [0.05, 0.1) is 10.5 Å². The Hall–Kier alpha value is -2.32. The normalized spacial score (nSPS) is 11.2. The van der Waals surface area contributed by atoms with Crippen LogP contribution in [0, 0.1) is 10.1 Å². The average Bonchev–Trinajstić information content (AvgIpc) is 2.33. The number of nitro benzene ring substituents is 1. The summed E-state index contributed by atoms with van der Waals surface area (Å²) in [5.74, 6) is -1.29. The van der Waals surface area contributed by atoms with Crippen LogP contribution in [0.4, 0.5) is 24.5 Å². The third-order valence-electron chi connectivity index (χ3n) is 2.54. The number of carbonyl (C=O) groups is 1. The van der Waals surface area contributed by atoms with Crippen molar-refractivity contribution in [1.82, 2.24) is 0 Å². The van der Waals surface area contributed by atoms with Gasteiger partial charge in [-0.2, -0.15) is 13.2 Å². The van der Waals surface area contributed by atoms with Crippen LogP contribution in [-0.2, 0) is 11.0 Å². The van der Waals surface area contributed by atoms with Crippen molar-refractivity contribution in [3.05, 3.63) is 33.9 Å². The summed E-state index contributed by atoms with van der Waals surface area (Å²) in [7, 11) is 0. The average molecular weight is 292 g/mol. The van der Waals surface area contributed by atoms with Gasteiger partial charge in [0.2, 0.25) is 0 Å². The van der Waals surface area contributed by atoms with E-state index < -0.39 is 40.6 Å². The van der Waals surface area contributed by atoms with Crippen LogP contribution in [0.15, 0.2) is 18.2 Å². The molecule has 0 aliphatic heterocycles. The monoisotopic (exact) mass is 292 g/mol. The van der Waals surface area contributed by atoms with Gasteiger partial charge in [0.1, 0.15) is 6.54 Å². The summed E-state index contributed by atoms with van der Waals surface area (Å²) < 4.78 is 38.8. The van der Waals surface area contributed by atoms with E-state index >= 15 is 0 Å². The molecule has 0 aliphatic rings. The van der Waals surface area contributed by atoms with Crippen molar-refractivity contribution in [1.29, 1.82) is 0 Å². The number of hydrogen-bond donors (Lipinski definition) is 1. The predicted molar refractivity (Wildman–Crippen MR) is 63.6 cm³/mol. The molecule has 1 aromatic rings. The van der Waals surface area contributed by atoms with Gasteiger partial charge in [0.15, 0.2) is 0 Å². The molecule has 1 aromatic carbocycles. The molecule has 0 fully saturated rings. The number of carboxylic acids is 1. The zero-order valence-corrected chi connectivity index (χ0v) is 10.3. The van der Waals surface area contributed by atoms with Crippen molar-refractivity contribution in [2.75, 3.05) is 18.0 Å². The molecule has 0 saturated heterocycles. The van der Waals surface area contributed by atoms with Gasteiger partial charge in [-0.25, -0.2) is 0 Å². The summed E-state index contributed by atoms with van der Waals surface area (Å²) in [6.07, 6.45) is -4.81. The van der Waals surface area contributed by atoms with Crippen LogP contribution < -0.4 is 4.90 Å². The molecule has 0 amide bonds. The molecule has 0 saturated carbocycles. The van der Waals surface area contributed by atoms with Crippen LogP contribution in [0.1, 0.15) is 12.5 Å². The number of nitrogens with zero attached hydrogens (tertiary/aromatic N) is 2. The summed E-state index contributed by atoms with van der Waals surface area (Å²) in [5.41, 5.74) is -2.32. The van der Waals surface area contributed by atoms with Gasteiger partial charge in [-0.3, -0.25) is 14.9 Å². The summed E-state index contributed by atoms with van der Waals surface area (Å²) in [4.78, 5) is 21.2. The SMILES string of the molecule is CCN(CC(=O)O)c1ccc([N+](=O)[O-])cc1C(F)(F)F. The fourth-order valence-electron chi connectivity index (χ4n) is 1.67. The standard InChI is InChI=1S/C11H11F3N2O4/c1-2-15(6-10(17)18)9-4-3-7(16(19)20)5-8(9)11(12,13)14/h3-5H,2,6H2,1H3,(H,17,18). The van der Waals surface area contributed by atoms with Crippen LogP contribution in [0.25, 0.3) is 0 Å². The van der Waals surface area contributed by atoms with Crippen molar-refractivity contribution in [2.45, 2.75) is 13.1 Å². The fourth-order valence-corrected chi connectivity index (χ4v) is 1.67. The minimum atomic E-state index is -4.81. The van der Waals surface area contributed by atoms with Crippen LogP contribution >= 0.6 is 0 Å². The molecule has 1 N–H and O–H groups in total. The van der Waals surface area contributed by atoms with E-state index in [2.05, 4.69) is 0 Å². The van der Waals surface area contributed by atoms with E-state index in [4.69, 9.17) is 5.11 Å². The van der Waals surface area contributed by atoms with Crippen LogP contribution in [0.3, 0.4) is 0 Å². The lowest BCUT2D eigenvalue weighted by Gasteiger charge is -2.24. The third-order valence-corrected chi connectivity index (χ3v) is 2.54. The Balaban J connectivity index is 3.37. The molecule has 0 atom stereocenters. The minimum absolute atomic E-state index is 0.0210. The Morgan fingerprint density at radius 3 is 2.45 bits per heavy atom. The highest BCUT2D eigenvalue weighted by Crippen LogP contribution is 2.38. The van der Waals surface area contributed by atoms with Crippen molar-refractivity contribution in [3.8, 4) is 0 Å². The summed E-state index contributed by atoms with van der Waals surface area (Å²) in [6.45, 7) is 0.884. The quantitative estimate of drug-likeness (QED) is 0.666. The lowest BCUT2D eigenvalue weighted by atomic mass is 10.1. The second-order valence-electron chi connectivity index (χ2n) is 3.86. The zero-order chi connectivity index (χ0) is 15.5. The third kappa shape index (κ3) is 3.59. The molecule has 6 nitrogen and oxygen atoms in total. The first-order valence-electron chi connectivity index (χ1n) is 5.49. The second-order valence-corrected chi connectivity index (χ2v) is 3.86. The van der Waals surface area contributed by atoms with Crippen LogP contribution in [0.5, 0.6) is 0 Å². The highest BCUT2D eigenvalue weighted by Gasteiger charge is 2.36. The van der Waals surface area contributed by atoms with Gasteiger partial charge in [-0.15, -0.1) is 0 Å². The Bertz CT molecular complexity index is 531. The van der Waals surface area contributed by atoms with E-state index in [1.165, 1.54) is 6.92 Å². The van der Waals surface area contributed by atoms with Gasteiger partial charge in [-0.1, -0.05) is 0 Å². The van der Waals surface area contributed by atoms with E-state index in [1.807, 2.05) is 0 Å². The number of carboxylic acid groups (broad SMARTS) is 1. The first-order valence-corrected chi connectivity index (χ1v) is 5.49. The van der Waals surface area contributed by atoms with Gasteiger partial charge in [0, 0.05) is 24.4 Å². The number of nitro groups is 1. The molecule has 0 bridgehead atoms. The topological polar surface area (TPSA) is 83.7 Å². The molecule has 0 aliphatic carbocycles.